The number of amides is 2. The van der Waals surface area contributed by atoms with Gasteiger partial charge in [0.15, 0.2) is 5.75 Å². The molecule has 73 heavy (non-hydrogen) atoms. The van der Waals surface area contributed by atoms with Crippen molar-refractivity contribution in [2.45, 2.75) is 23.6 Å². The number of hydrogen-bond acceptors (Lipinski definition) is 15. The molecule has 368 valence electrons. The normalized spacial score (nSPS) is 11.5. The number of benzene rings is 8. The van der Waals surface area contributed by atoms with Crippen LogP contribution in [0.25, 0.3) is 21.5 Å². The van der Waals surface area contributed by atoms with Crippen LogP contribution in [0, 0.1) is 13.8 Å². The van der Waals surface area contributed by atoms with Crippen molar-refractivity contribution in [2.24, 2.45) is 20.5 Å². The molecule has 18 nitrogen and oxygen atoms in total. The van der Waals surface area contributed by atoms with Crippen molar-refractivity contribution >= 4 is 149 Å². The number of azo groups is 2. The molecule has 0 aliphatic heterocycles. The summed E-state index contributed by atoms with van der Waals surface area (Å²) in [6.45, 7) is 3.17. The molecule has 23 heteroatoms. The molecule has 0 bridgehead atoms. The van der Waals surface area contributed by atoms with Gasteiger partial charge in [0, 0.05) is 27.7 Å². The molecule has 8 rings (SSSR count). The van der Waals surface area contributed by atoms with Gasteiger partial charge in [-0.15, -0.1) is 15.3 Å². The van der Waals surface area contributed by atoms with Gasteiger partial charge in [0.05, 0.1) is 40.4 Å². The molecular weight excluding hydrogens is 1050 g/mol. The summed E-state index contributed by atoms with van der Waals surface area (Å²) in [6.07, 6.45) is 0. The van der Waals surface area contributed by atoms with E-state index < -0.39 is 59.0 Å². The number of phenols is 1. The minimum absolute atomic E-state index is 0. The Morgan fingerprint density at radius 2 is 0.973 bits per heavy atom. The first-order valence-corrected chi connectivity index (χ1v) is 24.5. The van der Waals surface area contributed by atoms with E-state index in [0.29, 0.717) is 55.5 Å². The van der Waals surface area contributed by atoms with Gasteiger partial charge in [-0.1, -0.05) is 77.5 Å². The summed E-state index contributed by atoms with van der Waals surface area (Å²) in [5, 5.41) is 47.2. The maximum atomic E-state index is 13.3. The molecule has 0 fully saturated rings. The average Bonchev–Trinajstić information content (AvgIpc) is 3.33. The van der Waals surface area contributed by atoms with E-state index in [1.54, 1.807) is 111 Å². The first kappa shape index (κ1) is 55.6. The molecule has 0 radical (unpaired) electrons. The number of rotatable bonds is 12. The summed E-state index contributed by atoms with van der Waals surface area (Å²) >= 11 is 12.3. The molecule has 0 aromatic heterocycles. The Labute approximate surface area is 457 Å². The number of fused-ring (bicyclic) bond motifs is 2. The van der Waals surface area contributed by atoms with Crippen LogP contribution in [-0.4, -0.2) is 94.8 Å². The second-order valence-corrected chi connectivity index (χ2v) is 19.1. The van der Waals surface area contributed by atoms with E-state index in [1.807, 2.05) is 0 Å². The molecule has 0 aliphatic carbocycles. The number of carbonyl (C=O) groups excluding carboxylic acids is 2. The van der Waals surface area contributed by atoms with Crippen molar-refractivity contribution < 1.29 is 55.2 Å². The van der Waals surface area contributed by atoms with Crippen molar-refractivity contribution in [1.82, 2.24) is 0 Å². The topological polar surface area (TPSA) is 281 Å². The molecular formula is C50H38CaCl2N6O12S2. The fourth-order valence-electron chi connectivity index (χ4n) is 7.10. The van der Waals surface area contributed by atoms with Gasteiger partial charge in [0.2, 0.25) is 0 Å². The molecule has 0 unspecified atom stereocenters. The fraction of sp³-hybridized carbons (Fsp3) is 0.0800. The zero-order valence-electron chi connectivity index (χ0n) is 38.7. The van der Waals surface area contributed by atoms with E-state index in [9.17, 15) is 45.7 Å². The van der Waals surface area contributed by atoms with Gasteiger partial charge in [-0.2, -0.15) is 13.5 Å². The molecule has 0 heterocycles. The molecule has 8 aromatic carbocycles. The molecule has 0 saturated carbocycles. The number of halogens is 2. The third-order valence-corrected chi connectivity index (χ3v) is 12.8. The number of anilines is 2. The molecule has 8 aromatic rings. The number of aromatic hydroxyl groups is 1. The SMILES string of the molecule is COc1ccc(NC(=O)c2cc3ccccc3c(N=Nc3c(Cl)cc(C)cc3S(=O)(=O)O)c2O)cc1.COc1ccc(NC(=O)c2cc3ccccc3c(N=Nc3c(Cl)cc(C)cc3S(=O)(=O)[O-])c2[O-])cc1.[Ca+2]. The number of nitrogens with one attached hydrogen (secondary N) is 2. The van der Waals surface area contributed by atoms with E-state index in [-0.39, 0.29) is 76.0 Å². The predicted octanol–water partition coefficient (Wildman–Crippen LogP) is 11.5. The maximum Gasteiger partial charge on any atom is 2.00 e. The number of carbonyl (C=O) groups is 2. The molecule has 0 atom stereocenters. The van der Waals surface area contributed by atoms with Crippen molar-refractivity contribution in [3.8, 4) is 23.0 Å². The molecule has 0 aliphatic rings. The van der Waals surface area contributed by atoms with Crippen LogP contribution in [0.3, 0.4) is 0 Å². The summed E-state index contributed by atoms with van der Waals surface area (Å²) in [6, 6.07) is 34.8. The van der Waals surface area contributed by atoms with Gasteiger partial charge in [0.25, 0.3) is 21.9 Å². The summed E-state index contributed by atoms with van der Waals surface area (Å²) < 4.78 is 78.9. The zero-order chi connectivity index (χ0) is 52.1. The van der Waals surface area contributed by atoms with Crippen LogP contribution in [0.5, 0.6) is 23.0 Å². The molecule has 4 N–H and O–H groups in total. The second kappa shape index (κ2) is 23.4. The standard InChI is InChI=1S/2C25H20ClN3O6S.Ca/c2*1-14-11-20(26)23(21(12-14)36(32,33)34)29-28-22-18-6-4-3-5-15(18)13-19(24(22)30)25(31)27-16-7-9-17(35-2)10-8-16;/h2*3-13,30H,1-2H3,(H,27,31)(H,32,33,34);/q;;+2/p-2. The summed E-state index contributed by atoms with van der Waals surface area (Å²) in [7, 11) is -6.56. The monoisotopic (exact) mass is 1090 g/mol. The zero-order valence-corrected chi connectivity index (χ0v) is 44.1. The Hall–Kier alpha value is -6.72. The smallest absolute Gasteiger partial charge is 0.870 e. The first-order valence-electron chi connectivity index (χ1n) is 20.9. The maximum absolute atomic E-state index is 13.3. The van der Waals surface area contributed by atoms with Gasteiger partial charge in [-0.05, 0) is 121 Å². The van der Waals surface area contributed by atoms with Gasteiger partial charge in [-0.25, -0.2) is 8.42 Å². The Morgan fingerprint density at radius 1 is 0.575 bits per heavy atom. The predicted molar refractivity (Wildman–Crippen MR) is 275 cm³/mol. The van der Waals surface area contributed by atoms with E-state index in [2.05, 4.69) is 31.1 Å². The number of nitrogens with zero attached hydrogens (tertiary/aromatic N) is 4. The number of hydrogen-bond donors (Lipinski definition) is 4. The van der Waals surface area contributed by atoms with E-state index in [4.69, 9.17) is 32.7 Å². The van der Waals surface area contributed by atoms with E-state index in [1.165, 1.54) is 44.6 Å². The van der Waals surface area contributed by atoms with Crippen molar-refractivity contribution in [2.75, 3.05) is 24.9 Å². The van der Waals surface area contributed by atoms with E-state index in [0.717, 1.165) is 6.07 Å². The van der Waals surface area contributed by atoms with Gasteiger partial charge in [0.1, 0.15) is 43.6 Å². The third-order valence-electron chi connectivity index (χ3n) is 10.5. The van der Waals surface area contributed by atoms with Crippen LogP contribution in [-0.2, 0) is 20.2 Å². The number of methoxy groups -OCH3 is 2. The summed E-state index contributed by atoms with van der Waals surface area (Å²) in [5.41, 5.74) is 0.556. The van der Waals surface area contributed by atoms with Crippen molar-refractivity contribution in [3.63, 3.8) is 0 Å². The average molecular weight is 1090 g/mol. The minimum atomic E-state index is -4.94. The van der Waals surface area contributed by atoms with E-state index >= 15 is 0 Å². The van der Waals surface area contributed by atoms with Gasteiger partial charge < -0.3 is 34.9 Å². The molecule has 0 spiro atoms. The van der Waals surface area contributed by atoms with Crippen LogP contribution < -0.4 is 25.2 Å². The van der Waals surface area contributed by atoms with Crippen molar-refractivity contribution in [1.29, 1.82) is 0 Å². The molecule has 2 amide bonds. The second-order valence-electron chi connectivity index (χ2n) is 15.5. The number of phenolic OH excluding ortho intramolecular Hbond substituents is 1. The summed E-state index contributed by atoms with van der Waals surface area (Å²) in [4.78, 5) is 24.8. The first-order chi connectivity index (χ1) is 34.2. The Kier molecular flexibility index (Phi) is 17.8. The number of aryl methyl sites for hydroxylation is 2. The third kappa shape index (κ3) is 13.1. The van der Waals surface area contributed by atoms with Crippen LogP contribution in [0.15, 0.2) is 164 Å². The van der Waals surface area contributed by atoms with Crippen molar-refractivity contribution in [3.05, 3.63) is 166 Å². The Morgan fingerprint density at radius 3 is 1.44 bits per heavy atom. The summed E-state index contributed by atoms with van der Waals surface area (Å²) in [5.74, 6) is -1.28. The fourth-order valence-corrected chi connectivity index (χ4v) is 9.28. The van der Waals surface area contributed by atoms with Gasteiger partial charge in [-0.3, -0.25) is 14.1 Å². The largest absolute Gasteiger partial charge is 2.00 e. The quantitative estimate of drug-likeness (QED) is 0.0505. The Bertz CT molecular complexity index is 3490. The van der Waals surface area contributed by atoms with Crippen LogP contribution in [0.4, 0.5) is 34.1 Å². The number of ether oxygens (including phenoxy) is 2. The molecule has 0 saturated heterocycles. The van der Waals surface area contributed by atoms with Crippen LogP contribution in [0.2, 0.25) is 10.0 Å². The van der Waals surface area contributed by atoms with Crippen LogP contribution >= 0.6 is 23.2 Å². The van der Waals surface area contributed by atoms with Gasteiger partial charge >= 0.3 is 37.7 Å². The van der Waals surface area contributed by atoms with Crippen LogP contribution in [0.1, 0.15) is 31.8 Å². The Balaban J connectivity index is 0.000000235. The minimum Gasteiger partial charge on any atom is -0.870 e.